The summed E-state index contributed by atoms with van der Waals surface area (Å²) in [5.74, 6) is 2.31. The number of carbonyl (C=O) groups excluding carboxylic acids is 1. The van der Waals surface area contributed by atoms with E-state index in [0.717, 1.165) is 24.7 Å². The van der Waals surface area contributed by atoms with Crippen molar-refractivity contribution in [2.45, 2.75) is 157 Å². The number of likely N-dealkylation sites (tertiary alicyclic amines) is 1. The third kappa shape index (κ3) is 6.24. The molecule has 284 valence electrons. The lowest BCUT2D eigenvalue weighted by molar-refractivity contribution is -0.250. The van der Waals surface area contributed by atoms with Crippen LogP contribution in [0.2, 0.25) is 0 Å². The van der Waals surface area contributed by atoms with Crippen LogP contribution < -0.4 is 0 Å². The Morgan fingerprint density at radius 1 is 0.880 bits per heavy atom. The zero-order valence-corrected chi connectivity index (χ0v) is 33.8. The molecule has 6 aliphatic rings. The highest BCUT2D eigenvalue weighted by atomic mass is 16.5. The second kappa shape index (κ2) is 13.2. The van der Waals surface area contributed by atoms with Gasteiger partial charge in [0.25, 0.3) is 0 Å². The number of carboxylic acid groups (broad SMARTS) is 1. The maximum atomic E-state index is 13.2. The summed E-state index contributed by atoms with van der Waals surface area (Å²) in [4.78, 5) is 29.9. The van der Waals surface area contributed by atoms with Gasteiger partial charge in [0.05, 0.1) is 12.8 Å². The van der Waals surface area contributed by atoms with Gasteiger partial charge in [-0.1, -0.05) is 60.6 Å². The molecule has 0 aromatic rings. The second-order valence-corrected chi connectivity index (χ2v) is 21.3. The fraction of sp³-hybridized carbons (Fsp3) is 0.909. The Kier molecular flexibility index (Phi) is 10.1. The monoisotopic (exact) mass is 695 g/mol. The summed E-state index contributed by atoms with van der Waals surface area (Å²) in [7, 11) is 4.50. The summed E-state index contributed by atoms with van der Waals surface area (Å²) in [6.45, 7) is 27.3. The van der Waals surface area contributed by atoms with Crippen LogP contribution >= 0.6 is 0 Å². The van der Waals surface area contributed by atoms with Gasteiger partial charge < -0.3 is 19.6 Å². The lowest BCUT2D eigenvalue weighted by Gasteiger charge is -2.73. The molecule has 0 amide bonds. The first-order valence-electron chi connectivity index (χ1n) is 20.6. The molecular weight excluding hydrogens is 620 g/mol. The summed E-state index contributed by atoms with van der Waals surface area (Å²) in [6.07, 6.45) is 15.4. The number of ether oxygens (including phenoxy) is 1. The number of nitrogens with zero attached hydrogens (tertiary/aromatic N) is 2. The van der Waals surface area contributed by atoms with Crippen molar-refractivity contribution in [1.29, 1.82) is 0 Å². The van der Waals surface area contributed by atoms with Crippen LogP contribution in [-0.4, -0.2) is 72.7 Å². The van der Waals surface area contributed by atoms with E-state index in [1.165, 1.54) is 89.4 Å². The Balaban J connectivity index is 1.21. The zero-order chi connectivity index (χ0) is 36.7. The number of hydrogen-bond donors (Lipinski definition) is 1. The van der Waals surface area contributed by atoms with Crippen molar-refractivity contribution in [2.75, 3.05) is 33.7 Å². The first-order chi connectivity index (χ1) is 23.2. The number of allylic oxidation sites excluding steroid dienone is 1. The van der Waals surface area contributed by atoms with E-state index in [9.17, 15) is 14.7 Å². The largest absolute Gasteiger partial charge is 0.481 e. The maximum absolute atomic E-state index is 13.2. The van der Waals surface area contributed by atoms with Gasteiger partial charge in [0.1, 0.15) is 6.10 Å². The number of fused-ring (bicyclic) bond motifs is 7. The second-order valence-electron chi connectivity index (χ2n) is 21.3. The topological polar surface area (TPSA) is 70.1 Å². The van der Waals surface area contributed by atoms with Crippen molar-refractivity contribution in [3.05, 3.63) is 12.2 Å². The van der Waals surface area contributed by atoms with Crippen molar-refractivity contribution in [1.82, 2.24) is 9.80 Å². The highest BCUT2D eigenvalue weighted by Crippen LogP contribution is 2.78. The average molecular weight is 695 g/mol. The highest BCUT2D eigenvalue weighted by Gasteiger charge is 2.71. The molecular formula is C44H74N2O4. The molecule has 0 spiro atoms. The number of esters is 1. The molecule has 50 heavy (non-hydrogen) atoms. The smallest absolute Gasteiger partial charge is 0.306 e. The Morgan fingerprint density at radius 3 is 2.24 bits per heavy atom. The summed E-state index contributed by atoms with van der Waals surface area (Å²) < 4.78 is 6.31. The predicted molar refractivity (Wildman–Crippen MR) is 203 cm³/mol. The van der Waals surface area contributed by atoms with Crippen molar-refractivity contribution >= 4 is 11.9 Å². The SMILES string of the molecule is C=C(C)[C@@H]1CC[C@]2(CCN3CCC(N(C)C)C3)CC[C@]3(C)[C@H](CC[C@@H]4[C@@]5(C)CC[C@H](OC(=O)CC(C)(C)CC(=O)O)C(C)(C)[C@@H]5CC[C@]43C)[C@@H]12. The minimum Gasteiger partial charge on any atom is -0.481 e. The van der Waals surface area contributed by atoms with Crippen LogP contribution in [0.25, 0.3) is 0 Å². The minimum atomic E-state index is -0.864. The number of likely N-dealkylation sites (N-methyl/N-ethyl adjacent to an activating group) is 1. The Bertz CT molecular complexity index is 1320. The minimum absolute atomic E-state index is 0.0262. The standard InChI is InChI=1S/C44H74N2O4/c1-29(2)31-14-20-44(23-25-46-24-17-30(28-46)45(10)11)22-21-42(8)32(38(31)44)12-13-34-41(7)18-16-35(40(5,6)33(41)15-19-43(34,42)9)50-37(49)27-39(3,4)26-36(47)48/h30-35,38H,1,12-28H2,2-11H3,(H,47,48)/t30?,31-,32+,33-,34+,35-,38+,41-,42+,43+,44+/m0/s1. The van der Waals surface area contributed by atoms with Gasteiger partial charge in [-0.3, -0.25) is 9.59 Å². The van der Waals surface area contributed by atoms with Gasteiger partial charge in [0.15, 0.2) is 0 Å². The van der Waals surface area contributed by atoms with Crippen LogP contribution in [0, 0.1) is 62.1 Å². The van der Waals surface area contributed by atoms with Gasteiger partial charge in [-0.25, -0.2) is 0 Å². The van der Waals surface area contributed by atoms with E-state index >= 15 is 0 Å². The summed E-state index contributed by atoms with van der Waals surface area (Å²) in [5, 5.41) is 9.35. The van der Waals surface area contributed by atoms with Gasteiger partial charge in [-0.05, 0) is 168 Å². The molecule has 1 unspecified atom stereocenters. The van der Waals surface area contributed by atoms with E-state index in [-0.39, 0.29) is 35.7 Å². The molecule has 6 nitrogen and oxygen atoms in total. The van der Waals surface area contributed by atoms with E-state index in [1.54, 1.807) is 0 Å². The van der Waals surface area contributed by atoms with Crippen LogP contribution in [0.15, 0.2) is 12.2 Å². The lowest BCUT2D eigenvalue weighted by Crippen LogP contribution is -2.66. The Hall–Kier alpha value is -1.40. The van der Waals surface area contributed by atoms with E-state index < -0.39 is 11.4 Å². The fourth-order valence-electron chi connectivity index (χ4n) is 14.8. The molecule has 6 rings (SSSR count). The first-order valence-corrected chi connectivity index (χ1v) is 20.6. The number of carboxylic acids is 1. The van der Waals surface area contributed by atoms with Crippen LogP contribution in [0.1, 0.15) is 145 Å². The molecule has 0 bridgehead atoms. The van der Waals surface area contributed by atoms with Gasteiger partial charge >= 0.3 is 11.9 Å². The quantitative estimate of drug-likeness (QED) is 0.182. The highest BCUT2D eigenvalue weighted by molar-refractivity contribution is 5.73. The summed E-state index contributed by atoms with van der Waals surface area (Å²) >= 11 is 0. The number of aliphatic carboxylic acids is 1. The van der Waals surface area contributed by atoms with Gasteiger partial charge in [0, 0.05) is 18.0 Å². The van der Waals surface area contributed by atoms with Crippen molar-refractivity contribution in [3.8, 4) is 0 Å². The maximum Gasteiger partial charge on any atom is 0.306 e. The normalized spacial score (nSPS) is 44.2. The zero-order valence-electron chi connectivity index (χ0n) is 33.8. The average Bonchev–Trinajstić information content (AvgIpc) is 3.63. The van der Waals surface area contributed by atoms with Crippen LogP contribution in [-0.2, 0) is 14.3 Å². The van der Waals surface area contributed by atoms with Crippen LogP contribution in [0.3, 0.4) is 0 Å². The molecule has 11 atom stereocenters. The van der Waals surface area contributed by atoms with Crippen molar-refractivity contribution in [3.63, 3.8) is 0 Å². The third-order valence-corrected chi connectivity index (χ3v) is 17.6. The molecule has 1 saturated heterocycles. The molecule has 6 heteroatoms. The third-order valence-electron chi connectivity index (χ3n) is 17.6. The lowest BCUT2D eigenvalue weighted by atomic mass is 9.32. The number of rotatable bonds is 10. The molecule has 0 radical (unpaired) electrons. The van der Waals surface area contributed by atoms with Gasteiger partial charge in [0.2, 0.25) is 0 Å². The molecule has 1 aliphatic heterocycles. The van der Waals surface area contributed by atoms with E-state index in [1.807, 2.05) is 13.8 Å². The molecule has 5 saturated carbocycles. The first kappa shape index (κ1) is 38.3. The fourth-order valence-corrected chi connectivity index (χ4v) is 14.8. The van der Waals surface area contributed by atoms with E-state index in [2.05, 4.69) is 72.0 Å². The van der Waals surface area contributed by atoms with Crippen LogP contribution in [0.5, 0.6) is 0 Å². The molecule has 6 fully saturated rings. The van der Waals surface area contributed by atoms with E-state index in [4.69, 9.17) is 4.74 Å². The molecule has 0 aromatic heterocycles. The number of carbonyl (C=O) groups is 2. The summed E-state index contributed by atoms with van der Waals surface area (Å²) in [6, 6.07) is 0.708. The molecule has 5 aliphatic carbocycles. The summed E-state index contributed by atoms with van der Waals surface area (Å²) in [5.41, 5.74) is 2.06. The van der Waals surface area contributed by atoms with E-state index in [0.29, 0.717) is 40.0 Å². The van der Waals surface area contributed by atoms with Crippen molar-refractivity contribution in [2.24, 2.45) is 62.1 Å². The number of hydrogen-bond acceptors (Lipinski definition) is 5. The molecule has 1 N–H and O–H groups in total. The van der Waals surface area contributed by atoms with Crippen molar-refractivity contribution < 1.29 is 19.4 Å². The Morgan fingerprint density at radius 2 is 1.60 bits per heavy atom. The van der Waals surface area contributed by atoms with Gasteiger partial charge in [-0.15, -0.1) is 0 Å². The van der Waals surface area contributed by atoms with Crippen LogP contribution in [0.4, 0.5) is 0 Å². The predicted octanol–water partition coefficient (Wildman–Crippen LogP) is 9.47. The molecule has 0 aromatic carbocycles. The molecule has 1 heterocycles. The van der Waals surface area contributed by atoms with Gasteiger partial charge in [-0.2, -0.15) is 0 Å². The Labute approximate surface area is 305 Å².